The maximum Gasteiger partial charge on any atom is 0.471 e. The van der Waals surface area contributed by atoms with Crippen molar-refractivity contribution in [3.63, 3.8) is 0 Å². The van der Waals surface area contributed by atoms with Gasteiger partial charge in [-0.25, -0.2) is 22.7 Å². The number of hydrogen-bond acceptors (Lipinski definition) is 13. The van der Waals surface area contributed by atoms with E-state index in [2.05, 4.69) is 35.1 Å². The van der Waals surface area contributed by atoms with Crippen LogP contribution in [0.4, 0.5) is 24.8 Å². The van der Waals surface area contributed by atoms with Crippen molar-refractivity contribution in [2.24, 2.45) is 0 Å². The largest absolute Gasteiger partial charge is 0.471 e. The molecule has 0 bridgehead atoms. The molecular weight excluding hydrogens is 1090 g/mol. The molecule has 7 rings (SSSR count). The Hall–Kier alpha value is -7.90. The number of nitrogens with one attached hydrogen (secondary N) is 3. The fourth-order valence-corrected chi connectivity index (χ4v) is 11.3. The number of hydrogen-bond donors (Lipinski definition) is 5. The van der Waals surface area contributed by atoms with E-state index in [4.69, 9.17) is 5.73 Å². The van der Waals surface area contributed by atoms with Crippen LogP contribution in [0.2, 0.25) is 0 Å². The summed E-state index contributed by atoms with van der Waals surface area (Å²) in [7, 11) is -8.88. The number of alkyl halides is 3. The molecule has 0 aliphatic heterocycles. The average Bonchev–Trinajstić information content (AvgIpc) is 3.50. The van der Waals surface area contributed by atoms with Gasteiger partial charge in [-0.15, -0.1) is 0 Å². The number of nitrogen functional groups attached to an aromatic ring is 1. The number of H-pyrrole nitrogens is 1. The molecule has 0 unspecified atom stereocenters. The molecule has 0 spiro atoms. The lowest BCUT2D eigenvalue weighted by atomic mass is 10.0. The number of fused-ring (bicyclic) bond motifs is 3. The molecule has 0 saturated heterocycles. The van der Waals surface area contributed by atoms with Gasteiger partial charge in [-0.2, -0.15) is 31.1 Å². The van der Waals surface area contributed by atoms with Gasteiger partial charge in [0.15, 0.2) is 11.2 Å². The topological polar surface area (TPSA) is 289 Å². The normalized spacial score (nSPS) is 12.0. The van der Waals surface area contributed by atoms with Gasteiger partial charge >= 0.3 is 12.1 Å². The van der Waals surface area contributed by atoms with Crippen molar-refractivity contribution in [1.82, 2.24) is 34.9 Å². The van der Waals surface area contributed by atoms with Crippen molar-refractivity contribution in [3.8, 4) is 0 Å². The number of para-hydroxylation sites is 2. The summed E-state index contributed by atoms with van der Waals surface area (Å²) < 4.78 is 105. The number of sulfonamides is 1. The summed E-state index contributed by atoms with van der Waals surface area (Å²) in [5.41, 5.74) is 6.68. The van der Waals surface area contributed by atoms with Crippen molar-refractivity contribution in [2.75, 3.05) is 36.0 Å². The molecule has 0 saturated carbocycles. The molecule has 81 heavy (non-hydrogen) atoms. The van der Waals surface area contributed by atoms with E-state index in [1.54, 1.807) is 43.3 Å². The van der Waals surface area contributed by atoms with Crippen molar-refractivity contribution < 1.29 is 58.3 Å². The van der Waals surface area contributed by atoms with Crippen molar-refractivity contribution in [1.29, 1.82) is 0 Å². The second kappa shape index (κ2) is 27.5. The number of nitrogens with two attached hydrogens (primary N) is 1. The van der Waals surface area contributed by atoms with E-state index in [-0.39, 0.29) is 56.8 Å². The summed E-state index contributed by atoms with van der Waals surface area (Å²) in [6.07, 6.45) is 5.35. The van der Waals surface area contributed by atoms with E-state index in [0.717, 1.165) is 87.0 Å². The Morgan fingerprint density at radius 3 is 1.93 bits per heavy atom. The van der Waals surface area contributed by atoms with Gasteiger partial charge in [0.05, 0.1) is 45.4 Å². The van der Waals surface area contributed by atoms with Crippen LogP contribution in [0.1, 0.15) is 115 Å². The quantitative estimate of drug-likeness (QED) is 0.0136. The van der Waals surface area contributed by atoms with Crippen LogP contribution in [0.5, 0.6) is 0 Å². The Kier molecular flexibility index (Phi) is 20.6. The highest BCUT2D eigenvalue weighted by Crippen LogP contribution is 2.30. The third kappa shape index (κ3) is 16.4. The molecule has 3 heterocycles. The number of nitrogens with zero attached hydrogens (tertiary/aromatic N) is 6. The molecule has 0 aliphatic carbocycles. The minimum absolute atomic E-state index is 0.0105. The van der Waals surface area contributed by atoms with Crippen LogP contribution >= 0.6 is 0 Å². The van der Waals surface area contributed by atoms with Gasteiger partial charge in [0.25, 0.3) is 37.5 Å². The van der Waals surface area contributed by atoms with Crippen LogP contribution in [0.15, 0.2) is 113 Å². The SMILES string of the molecule is Cc1ccc(S(=O)(=O)N(CCCS(=O)(=O)O)C(=O)c2c3ccccc3[n+](CCCCCCCCCC(=O)NCCCCCCNC(=O)c3ccc(N(Cc4cnc5nc(N)[nH]c(=O)c5n4)C(=O)C(F)(F)F)cc3)c3ccccc23)cc1. The van der Waals surface area contributed by atoms with Crippen molar-refractivity contribution in [2.45, 2.75) is 115 Å². The number of aromatic amines is 1. The van der Waals surface area contributed by atoms with E-state index in [1.807, 2.05) is 24.3 Å². The molecule has 3 aromatic heterocycles. The predicted octanol–water partition coefficient (Wildman–Crippen LogP) is 7.63. The summed E-state index contributed by atoms with van der Waals surface area (Å²) >= 11 is 0. The number of amides is 4. The van der Waals surface area contributed by atoms with Crippen LogP contribution in [-0.4, -0.2) is 101 Å². The minimum Gasteiger partial charge on any atom is -0.369 e. The zero-order chi connectivity index (χ0) is 58.3. The molecule has 0 atom stereocenters. The maximum atomic E-state index is 14.7. The first kappa shape index (κ1) is 60.7. The number of carbonyl (C=O) groups excluding carboxylic acids is 4. The highest BCUT2D eigenvalue weighted by molar-refractivity contribution is 7.89. The lowest BCUT2D eigenvalue weighted by Gasteiger charge is -2.24. The third-order valence-corrected chi connectivity index (χ3v) is 16.1. The first-order chi connectivity index (χ1) is 38.6. The second-order valence-corrected chi connectivity index (χ2v) is 23.0. The second-order valence-electron chi connectivity index (χ2n) is 19.6. The third-order valence-electron chi connectivity index (χ3n) is 13.5. The fourth-order valence-electron chi connectivity index (χ4n) is 9.37. The van der Waals surface area contributed by atoms with E-state index < -0.39 is 68.4 Å². The molecule has 7 aromatic rings. The first-order valence-electron chi connectivity index (χ1n) is 26.6. The number of rotatable bonds is 28. The molecule has 430 valence electrons. The Morgan fingerprint density at radius 1 is 0.728 bits per heavy atom. The molecule has 0 radical (unpaired) electrons. The molecule has 4 aromatic carbocycles. The average molecular weight is 1160 g/mol. The van der Waals surface area contributed by atoms with Crippen molar-refractivity contribution in [3.05, 3.63) is 136 Å². The molecule has 6 N–H and O–H groups in total. The van der Waals surface area contributed by atoms with Gasteiger partial charge in [-0.1, -0.05) is 80.5 Å². The summed E-state index contributed by atoms with van der Waals surface area (Å²) in [4.78, 5) is 79.1. The van der Waals surface area contributed by atoms with Gasteiger partial charge in [-0.3, -0.25) is 38.4 Å². The number of unbranched alkanes of at least 4 members (excludes halogenated alkanes) is 9. The fraction of sp³-hybridized carbons (Fsp3) is 0.375. The van der Waals surface area contributed by atoms with E-state index in [0.29, 0.717) is 52.5 Å². The van der Waals surface area contributed by atoms with Crippen LogP contribution in [-0.2, 0) is 42.8 Å². The highest BCUT2D eigenvalue weighted by atomic mass is 32.2. The van der Waals surface area contributed by atoms with Crippen LogP contribution in [0.25, 0.3) is 33.0 Å². The standard InChI is InChI=1S/C56H63F3N10O10S2/c1-38-23-29-42(30-24-38)81(78,79)69(34-17-35-80(75,76)77)53(73)48-43-18-10-12-20-45(43)67(46-21-13-11-19-44(46)48)33-16-8-4-2-3-5-9-22-47(70)61-31-14-6-7-15-32-62-51(71)39-25-27-41(28-26-39)68(54(74)56(57,58)59)37-40-36-63-50-49(64-40)52(72)66-55(60)65-50/h10-13,18-21,23-30,36H,2-9,14-17,22,31-35,37H2,1H3,(H5-,60,61,62,63,65,66,70,71,72,75,76,77)/p+1. The zero-order valence-corrected chi connectivity index (χ0v) is 46.2. The number of aromatic nitrogens is 5. The Labute approximate surface area is 466 Å². The first-order valence-corrected chi connectivity index (χ1v) is 29.6. The molecule has 4 amide bonds. The van der Waals surface area contributed by atoms with Gasteiger partial charge in [0, 0.05) is 55.9 Å². The summed E-state index contributed by atoms with van der Waals surface area (Å²) in [6.45, 7) is 2.14. The maximum absolute atomic E-state index is 14.7. The number of benzene rings is 4. The molecular formula is C56H64F3N10O10S2+. The van der Waals surface area contributed by atoms with Gasteiger partial charge in [0.1, 0.15) is 6.54 Å². The van der Waals surface area contributed by atoms with E-state index in [1.165, 1.54) is 36.4 Å². The van der Waals surface area contributed by atoms with Crippen LogP contribution in [0, 0.1) is 6.92 Å². The van der Waals surface area contributed by atoms with Crippen molar-refractivity contribution >= 4 is 88.4 Å². The van der Waals surface area contributed by atoms with Gasteiger partial charge < -0.3 is 16.4 Å². The molecule has 0 fully saturated rings. The Bertz CT molecular complexity index is 3620. The van der Waals surface area contributed by atoms with Crippen LogP contribution < -0.4 is 31.4 Å². The number of anilines is 2. The van der Waals surface area contributed by atoms with Gasteiger partial charge in [-0.05, 0) is 87.6 Å². The number of carbonyl (C=O) groups is 4. The summed E-state index contributed by atoms with van der Waals surface area (Å²) in [5.74, 6) is -4.41. The highest BCUT2D eigenvalue weighted by Gasteiger charge is 2.43. The summed E-state index contributed by atoms with van der Waals surface area (Å²) in [5, 5.41) is 6.83. The molecule has 25 heteroatoms. The number of halogens is 3. The number of pyridine rings is 1. The lowest BCUT2D eigenvalue weighted by Crippen LogP contribution is -2.41. The molecule has 0 aliphatic rings. The smallest absolute Gasteiger partial charge is 0.369 e. The van der Waals surface area contributed by atoms with E-state index in [9.17, 15) is 58.5 Å². The molecule has 20 nitrogen and oxygen atoms in total. The minimum atomic E-state index is -5.24. The Morgan fingerprint density at radius 2 is 1.31 bits per heavy atom. The lowest BCUT2D eigenvalue weighted by molar-refractivity contribution is -0.645. The monoisotopic (exact) mass is 1160 g/mol. The zero-order valence-electron chi connectivity index (χ0n) is 44.6. The van der Waals surface area contributed by atoms with E-state index >= 15 is 0 Å². The Balaban J connectivity index is 0.791. The number of aryl methyl sites for hydroxylation is 2. The van der Waals surface area contributed by atoms with Gasteiger partial charge in [0.2, 0.25) is 22.9 Å². The van der Waals surface area contributed by atoms with Crippen LogP contribution in [0.3, 0.4) is 0 Å². The summed E-state index contributed by atoms with van der Waals surface area (Å²) in [6, 6.07) is 25.6. The predicted molar refractivity (Wildman–Crippen MR) is 299 cm³/mol.